The maximum atomic E-state index is 13.7. The zero-order chi connectivity index (χ0) is 23.2. The SMILES string of the molecule is Cc1cccc(-n2nc(C(=O)N3CC4(C)CC3CC(C)(C)C4)nc2CCc2ccccc2)c1. The Balaban J connectivity index is 1.46. The third-order valence-corrected chi connectivity index (χ3v) is 7.27. The molecule has 2 heterocycles. The topological polar surface area (TPSA) is 51.0 Å². The Labute approximate surface area is 196 Å². The molecule has 2 bridgehead atoms. The molecule has 33 heavy (non-hydrogen) atoms. The summed E-state index contributed by atoms with van der Waals surface area (Å²) in [6.07, 6.45) is 4.88. The molecule has 2 aliphatic rings. The number of aryl methyl sites for hydroxylation is 3. The molecule has 5 heteroatoms. The summed E-state index contributed by atoms with van der Waals surface area (Å²) in [5.74, 6) is 1.14. The van der Waals surface area contributed by atoms with Crippen molar-refractivity contribution in [3.05, 3.63) is 77.4 Å². The van der Waals surface area contributed by atoms with Crippen molar-refractivity contribution in [1.82, 2.24) is 19.7 Å². The van der Waals surface area contributed by atoms with Crippen molar-refractivity contribution in [3.8, 4) is 5.69 Å². The van der Waals surface area contributed by atoms with Gasteiger partial charge in [-0.1, -0.05) is 63.2 Å². The van der Waals surface area contributed by atoms with Crippen molar-refractivity contribution in [2.75, 3.05) is 6.54 Å². The van der Waals surface area contributed by atoms with Crippen LogP contribution in [0.5, 0.6) is 0 Å². The van der Waals surface area contributed by atoms with Crippen molar-refractivity contribution in [1.29, 1.82) is 0 Å². The van der Waals surface area contributed by atoms with Gasteiger partial charge in [0.05, 0.1) is 5.69 Å². The first-order chi connectivity index (χ1) is 15.7. The molecule has 2 aromatic carbocycles. The van der Waals surface area contributed by atoms with E-state index in [1.807, 2.05) is 22.9 Å². The van der Waals surface area contributed by atoms with E-state index in [0.29, 0.717) is 5.82 Å². The highest BCUT2D eigenvalue weighted by molar-refractivity contribution is 5.91. The molecule has 1 amide bonds. The number of fused-ring (bicyclic) bond motifs is 2. The molecule has 2 fully saturated rings. The molecule has 5 nitrogen and oxygen atoms in total. The van der Waals surface area contributed by atoms with Gasteiger partial charge in [0, 0.05) is 19.0 Å². The predicted octanol–water partition coefficient (Wildman–Crippen LogP) is 5.40. The van der Waals surface area contributed by atoms with E-state index in [2.05, 4.69) is 69.0 Å². The molecule has 3 aromatic rings. The molecule has 0 radical (unpaired) electrons. The van der Waals surface area contributed by atoms with Gasteiger partial charge < -0.3 is 4.90 Å². The van der Waals surface area contributed by atoms with Gasteiger partial charge in [0.15, 0.2) is 0 Å². The van der Waals surface area contributed by atoms with Crippen LogP contribution in [0.1, 0.15) is 67.6 Å². The first-order valence-corrected chi connectivity index (χ1v) is 12.1. The molecule has 172 valence electrons. The lowest BCUT2D eigenvalue weighted by molar-refractivity contribution is 0.0696. The molecule has 0 N–H and O–H groups in total. The van der Waals surface area contributed by atoms with Gasteiger partial charge in [-0.05, 0) is 66.7 Å². The van der Waals surface area contributed by atoms with E-state index in [-0.39, 0.29) is 22.8 Å². The van der Waals surface area contributed by atoms with Crippen LogP contribution in [0.15, 0.2) is 54.6 Å². The Hall–Kier alpha value is -2.95. The highest BCUT2D eigenvalue weighted by atomic mass is 16.2. The average molecular weight is 443 g/mol. The van der Waals surface area contributed by atoms with Gasteiger partial charge >= 0.3 is 0 Å². The highest BCUT2D eigenvalue weighted by Crippen LogP contribution is 2.52. The van der Waals surface area contributed by atoms with Gasteiger partial charge in [0.2, 0.25) is 5.82 Å². The van der Waals surface area contributed by atoms with Crippen LogP contribution in [0, 0.1) is 17.8 Å². The molecule has 1 aliphatic heterocycles. The third kappa shape index (κ3) is 4.46. The molecule has 1 saturated heterocycles. The number of amides is 1. The average Bonchev–Trinajstić information content (AvgIpc) is 3.30. The quantitative estimate of drug-likeness (QED) is 0.531. The summed E-state index contributed by atoms with van der Waals surface area (Å²) in [5, 5.41) is 4.77. The maximum absolute atomic E-state index is 13.7. The van der Waals surface area contributed by atoms with Gasteiger partial charge in [-0.2, -0.15) is 0 Å². The van der Waals surface area contributed by atoms with Crippen molar-refractivity contribution in [2.45, 2.75) is 65.8 Å². The molecule has 1 saturated carbocycles. The number of nitrogens with zero attached hydrogens (tertiary/aromatic N) is 4. The van der Waals surface area contributed by atoms with Crippen LogP contribution in [0.3, 0.4) is 0 Å². The lowest BCUT2D eigenvalue weighted by Gasteiger charge is -2.39. The number of rotatable bonds is 5. The van der Waals surface area contributed by atoms with Gasteiger partial charge in [-0.15, -0.1) is 5.10 Å². The van der Waals surface area contributed by atoms with Gasteiger partial charge in [-0.3, -0.25) is 4.79 Å². The zero-order valence-electron chi connectivity index (χ0n) is 20.2. The number of carbonyl (C=O) groups excluding carboxylic acids is 1. The van der Waals surface area contributed by atoms with E-state index in [0.717, 1.165) is 55.7 Å². The lowest BCUT2D eigenvalue weighted by atomic mass is 9.65. The minimum atomic E-state index is -0.0196. The van der Waals surface area contributed by atoms with E-state index in [1.165, 1.54) is 5.56 Å². The summed E-state index contributed by atoms with van der Waals surface area (Å²) in [7, 11) is 0. The summed E-state index contributed by atoms with van der Waals surface area (Å²) < 4.78 is 1.87. The fourth-order valence-electron chi connectivity index (χ4n) is 6.29. The van der Waals surface area contributed by atoms with Crippen LogP contribution in [0.4, 0.5) is 0 Å². The van der Waals surface area contributed by atoms with Crippen LogP contribution in [0.2, 0.25) is 0 Å². The lowest BCUT2D eigenvalue weighted by Crippen LogP contribution is -2.38. The Bertz CT molecular complexity index is 1170. The van der Waals surface area contributed by atoms with E-state index >= 15 is 0 Å². The second kappa shape index (κ2) is 8.12. The first kappa shape index (κ1) is 21.9. The third-order valence-electron chi connectivity index (χ3n) is 7.27. The zero-order valence-corrected chi connectivity index (χ0v) is 20.2. The number of hydrogen-bond acceptors (Lipinski definition) is 3. The summed E-state index contributed by atoms with van der Waals surface area (Å²) in [6, 6.07) is 18.9. The first-order valence-electron chi connectivity index (χ1n) is 12.1. The van der Waals surface area contributed by atoms with Crippen molar-refractivity contribution in [2.24, 2.45) is 10.8 Å². The largest absolute Gasteiger partial charge is 0.332 e. The number of aromatic nitrogens is 3. The second-order valence-electron chi connectivity index (χ2n) is 11.2. The van der Waals surface area contributed by atoms with E-state index in [9.17, 15) is 4.79 Å². The minimum Gasteiger partial charge on any atom is -0.332 e. The minimum absolute atomic E-state index is 0.0196. The molecule has 5 rings (SSSR count). The number of carbonyl (C=O) groups is 1. The normalized spacial score (nSPS) is 23.6. The Morgan fingerprint density at radius 1 is 1.03 bits per heavy atom. The van der Waals surface area contributed by atoms with Crippen molar-refractivity contribution >= 4 is 5.91 Å². The van der Waals surface area contributed by atoms with Crippen LogP contribution in [-0.2, 0) is 12.8 Å². The van der Waals surface area contributed by atoms with Crippen molar-refractivity contribution in [3.63, 3.8) is 0 Å². The Morgan fingerprint density at radius 3 is 2.58 bits per heavy atom. The van der Waals surface area contributed by atoms with E-state index < -0.39 is 0 Å². The summed E-state index contributed by atoms with van der Waals surface area (Å²) >= 11 is 0. The fourth-order valence-corrected chi connectivity index (χ4v) is 6.29. The maximum Gasteiger partial charge on any atom is 0.293 e. The molecule has 1 aromatic heterocycles. The predicted molar refractivity (Wildman–Crippen MR) is 131 cm³/mol. The van der Waals surface area contributed by atoms with Crippen LogP contribution in [-0.4, -0.2) is 38.2 Å². The van der Waals surface area contributed by atoms with Crippen LogP contribution in [0.25, 0.3) is 5.69 Å². The van der Waals surface area contributed by atoms with Gasteiger partial charge in [-0.25, -0.2) is 9.67 Å². The monoisotopic (exact) mass is 442 g/mol. The Morgan fingerprint density at radius 2 is 1.82 bits per heavy atom. The molecular weight excluding hydrogens is 408 g/mol. The van der Waals surface area contributed by atoms with Crippen molar-refractivity contribution < 1.29 is 4.79 Å². The molecule has 2 atom stereocenters. The summed E-state index contributed by atoms with van der Waals surface area (Å²) in [5.41, 5.74) is 3.83. The highest BCUT2D eigenvalue weighted by Gasteiger charge is 2.51. The standard InChI is InChI=1S/C28H34N4O/c1-20-9-8-12-22(15-20)32-24(14-13-21-10-6-5-7-11-21)29-25(30-32)26(33)31-19-28(4)17-23(31)16-27(2,3)18-28/h5-12,15,23H,13-14,16-19H2,1-4H3. The second-order valence-corrected chi connectivity index (χ2v) is 11.2. The van der Waals surface area contributed by atoms with Gasteiger partial charge in [0.25, 0.3) is 5.91 Å². The Kier molecular flexibility index (Phi) is 5.38. The van der Waals surface area contributed by atoms with Gasteiger partial charge in [0.1, 0.15) is 5.82 Å². The number of benzene rings is 2. The summed E-state index contributed by atoms with van der Waals surface area (Å²) in [6.45, 7) is 9.87. The van der Waals surface area contributed by atoms with E-state index in [1.54, 1.807) is 0 Å². The fraction of sp³-hybridized carbons (Fsp3) is 0.464. The van der Waals surface area contributed by atoms with Crippen LogP contribution >= 0.6 is 0 Å². The van der Waals surface area contributed by atoms with Crippen LogP contribution < -0.4 is 0 Å². The molecule has 2 unspecified atom stereocenters. The van der Waals surface area contributed by atoms with E-state index in [4.69, 9.17) is 10.1 Å². The summed E-state index contributed by atoms with van der Waals surface area (Å²) in [4.78, 5) is 20.5. The molecule has 0 spiro atoms. The smallest absolute Gasteiger partial charge is 0.293 e. The molecular formula is C28H34N4O. The number of likely N-dealkylation sites (tertiary alicyclic amines) is 1. The number of hydrogen-bond donors (Lipinski definition) is 0. The molecule has 1 aliphatic carbocycles.